The SMILES string of the molecule is CC(=O)CCNC(C)(C)C. The number of hydrogen-bond donors (Lipinski definition) is 1. The van der Waals surface area contributed by atoms with Crippen molar-refractivity contribution in [3.05, 3.63) is 0 Å². The van der Waals surface area contributed by atoms with Crippen molar-refractivity contribution in [2.45, 2.75) is 39.7 Å². The third-order valence-corrected chi connectivity index (χ3v) is 1.13. The van der Waals surface area contributed by atoms with Crippen LogP contribution in [0.2, 0.25) is 0 Å². The highest BCUT2D eigenvalue weighted by Crippen LogP contribution is 1.97. The maximum absolute atomic E-state index is 10.5. The number of carbonyl (C=O) groups excluding carboxylic acids is 1. The Labute approximate surface area is 63.0 Å². The van der Waals surface area contributed by atoms with Crippen LogP contribution in [0.1, 0.15) is 34.1 Å². The maximum atomic E-state index is 10.5. The second-order valence-electron chi connectivity index (χ2n) is 3.63. The van der Waals surface area contributed by atoms with Crippen LogP contribution in [0.25, 0.3) is 0 Å². The third kappa shape index (κ3) is 7.63. The fourth-order valence-electron chi connectivity index (χ4n) is 0.614. The number of nitrogens with one attached hydrogen (secondary N) is 1. The molecule has 0 spiro atoms. The lowest BCUT2D eigenvalue weighted by atomic mass is 10.1. The zero-order chi connectivity index (χ0) is 8.20. The molecule has 0 saturated carbocycles. The molecule has 0 aromatic heterocycles. The molecule has 0 aromatic carbocycles. The Bertz CT molecular complexity index is 113. The van der Waals surface area contributed by atoms with Crippen LogP contribution in [0.15, 0.2) is 0 Å². The van der Waals surface area contributed by atoms with E-state index in [1.165, 1.54) is 0 Å². The molecule has 60 valence electrons. The fraction of sp³-hybridized carbons (Fsp3) is 0.875. The Hall–Kier alpha value is -0.370. The highest BCUT2D eigenvalue weighted by atomic mass is 16.1. The summed E-state index contributed by atoms with van der Waals surface area (Å²) >= 11 is 0. The van der Waals surface area contributed by atoms with Gasteiger partial charge in [-0.05, 0) is 27.7 Å². The highest BCUT2D eigenvalue weighted by Gasteiger charge is 2.07. The molecule has 0 radical (unpaired) electrons. The van der Waals surface area contributed by atoms with E-state index in [1.54, 1.807) is 6.92 Å². The molecule has 0 aliphatic heterocycles. The van der Waals surface area contributed by atoms with E-state index in [9.17, 15) is 4.79 Å². The average molecular weight is 143 g/mol. The predicted molar refractivity (Wildman–Crippen MR) is 43.1 cm³/mol. The van der Waals surface area contributed by atoms with Crippen LogP contribution in [0, 0.1) is 0 Å². The van der Waals surface area contributed by atoms with Gasteiger partial charge in [0.15, 0.2) is 0 Å². The van der Waals surface area contributed by atoms with Crippen molar-refractivity contribution in [2.75, 3.05) is 6.54 Å². The van der Waals surface area contributed by atoms with Crippen LogP contribution in [-0.2, 0) is 4.79 Å². The van der Waals surface area contributed by atoms with E-state index in [0.717, 1.165) is 6.54 Å². The minimum absolute atomic E-state index is 0.134. The van der Waals surface area contributed by atoms with Crippen LogP contribution in [-0.4, -0.2) is 17.9 Å². The van der Waals surface area contributed by atoms with Gasteiger partial charge in [-0.15, -0.1) is 0 Å². The van der Waals surface area contributed by atoms with Gasteiger partial charge >= 0.3 is 0 Å². The van der Waals surface area contributed by atoms with Crippen LogP contribution in [0.4, 0.5) is 0 Å². The molecule has 0 aromatic rings. The van der Waals surface area contributed by atoms with Gasteiger partial charge in [0.05, 0.1) is 0 Å². The van der Waals surface area contributed by atoms with Crippen LogP contribution in [0.3, 0.4) is 0 Å². The van der Waals surface area contributed by atoms with E-state index < -0.39 is 0 Å². The quantitative estimate of drug-likeness (QED) is 0.646. The molecule has 0 aliphatic rings. The molecular formula is C8H17NO. The molecule has 2 heteroatoms. The number of ketones is 1. The van der Waals surface area contributed by atoms with Crippen molar-refractivity contribution in [1.29, 1.82) is 0 Å². The summed E-state index contributed by atoms with van der Waals surface area (Å²) in [5.41, 5.74) is 0.134. The van der Waals surface area contributed by atoms with Gasteiger partial charge in [0, 0.05) is 18.5 Å². The van der Waals surface area contributed by atoms with E-state index in [0.29, 0.717) is 6.42 Å². The zero-order valence-electron chi connectivity index (χ0n) is 7.32. The van der Waals surface area contributed by atoms with Crippen molar-refractivity contribution >= 4 is 5.78 Å². The molecule has 0 rings (SSSR count). The van der Waals surface area contributed by atoms with Gasteiger partial charge in [-0.2, -0.15) is 0 Å². The number of carbonyl (C=O) groups is 1. The second kappa shape index (κ2) is 3.71. The molecule has 0 heterocycles. The lowest BCUT2D eigenvalue weighted by Crippen LogP contribution is -2.36. The molecule has 0 unspecified atom stereocenters. The van der Waals surface area contributed by atoms with E-state index in [2.05, 4.69) is 26.1 Å². The number of rotatable bonds is 3. The monoisotopic (exact) mass is 143 g/mol. The van der Waals surface area contributed by atoms with Crippen molar-refractivity contribution in [1.82, 2.24) is 5.32 Å². The van der Waals surface area contributed by atoms with Gasteiger partial charge in [-0.3, -0.25) is 4.79 Å². The standard InChI is InChI=1S/C8H17NO/c1-7(10)5-6-9-8(2,3)4/h9H,5-6H2,1-4H3. The first-order valence-electron chi connectivity index (χ1n) is 3.66. The van der Waals surface area contributed by atoms with E-state index >= 15 is 0 Å². The molecule has 0 amide bonds. The Morgan fingerprint density at radius 3 is 2.20 bits per heavy atom. The Morgan fingerprint density at radius 2 is 1.90 bits per heavy atom. The largest absolute Gasteiger partial charge is 0.312 e. The average Bonchev–Trinajstić information content (AvgIpc) is 1.59. The normalized spacial score (nSPS) is 11.6. The van der Waals surface area contributed by atoms with Crippen molar-refractivity contribution in [3.8, 4) is 0 Å². The first kappa shape index (κ1) is 9.63. The molecule has 0 bridgehead atoms. The number of Topliss-reactive ketones (excluding diaryl/α,β-unsaturated/α-hetero) is 1. The maximum Gasteiger partial charge on any atom is 0.131 e. The lowest BCUT2D eigenvalue weighted by molar-refractivity contribution is -0.116. The summed E-state index contributed by atoms with van der Waals surface area (Å²) in [5.74, 6) is 0.247. The summed E-state index contributed by atoms with van der Waals surface area (Å²) < 4.78 is 0. The first-order valence-corrected chi connectivity index (χ1v) is 3.66. The summed E-state index contributed by atoms with van der Waals surface area (Å²) in [7, 11) is 0. The summed E-state index contributed by atoms with van der Waals surface area (Å²) in [5, 5.41) is 3.23. The summed E-state index contributed by atoms with van der Waals surface area (Å²) in [6.07, 6.45) is 0.636. The Balaban J connectivity index is 3.29. The van der Waals surface area contributed by atoms with Crippen LogP contribution in [0.5, 0.6) is 0 Å². The second-order valence-corrected chi connectivity index (χ2v) is 3.63. The minimum atomic E-state index is 0.134. The molecule has 0 fully saturated rings. The van der Waals surface area contributed by atoms with Gasteiger partial charge < -0.3 is 5.32 Å². The number of hydrogen-bond acceptors (Lipinski definition) is 2. The van der Waals surface area contributed by atoms with Crippen LogP contribution >= 0.6 is 0 Å². The minimum Gasteiger partial charge on any atom is -0.312 e. The van der Waals surface area contributed by atoms with Crippen molar-refractivity contribution < 1.29 is 4.79 Å². The lowest BCUT2D eigenvalue weighted by Gasteiger charge is -2.19. The van der Waals surface area contributed by atoms with Gasteiger partial charge in [-0.1, -0.05) is 0 Å². The molecule has 2 nitrogen and oxygen atoms in total. The van der Waals surface area contributed by atoms with Gasteiger partial charge in [0.1, 0.15) is 5.78 Å². The fourth-order valence-corrected chi connectivity index (χ4v) is 0.614. The molecule has 0 atom stereocenters. The smallest absolute Gasteiger partial charge is 0.131 e. The third-order valence-electron chi connectivity index (χ3n) is 1.13. The van der Waals surface area contributed by atoms with Gasteiger partial charge in [0.2, 0.25) is 0 Å². The topological polar surface area (TPSA) is 29.1 Å². The zero-order valence-corrected chi connectivity index (χ0v) is 7.32. The van der Waals surface area contributed by atoms with Crippen molar-refractivity contribution in [2.24, 2.45) is 0 Å². The van der Waals surface area contributed by atoms with Gasteiger partial charge in [-0.25, -0.2) is 0 Å². The molecule has 0 aliphatic carbocycles. The first-order chi connectivity index (χ1) is 4.42. The van der Waals surface area contributed by atoms with Crippen LogP contribution < -0.4 is 5.32 Å². The summed E-state index contributed by atoms with van der Waals surface area (Å²) in [4.78, 5) is 10.5. The van der Waals surface area contributed by atoms with Gasteiger partial charge in [0.25, 0.3) is 0 Å². The summed E-state index contributed by atoms with van der Waals surface area (Å²) in [6, 6.07) is 0. The molecule has 10 heavy (non-hydrogen) atoms. The molecule has 0 saturated heterocycles. The van der Waals surface area contributed by atoms with E-state index in [4.69, 9.17) is 0 Å². The highest BCUT2D eigenvalue weighted by molar-refractivity contribution is 5.75. The van der Waals surface area contributed by atoms with E-state index in [-0.39, 0.29) is 11.3 Å². The molecule has 1 N–H and O–H groups in total. The summed E-state index contributed by atoms with van der Waals surface area (Å²) in [6.45, 7) is 8.68. The predicted octanol–water partition coefficient (Wildman–Crippen LogP) is 1.35. The molecular weight excluding hydrogens is 126 g/mol. The van der Waals surface area contributed by atoms with E-state index in [1.807, 2.05) is 0 Å². The Kier molecular flexibility index (Phi) is 3.58. The Morgan fingerprint density at radius 1 is 1.40 bits per heavy atom. The van der Waals surface area contributed by atoms with Crippen molar-refractivity contribution in [3.63, 3.8) is 0 Å².